The maximum absolute atomic E-state index is 14.2. The SMILES string of the molecule is CN1C(=O)[C@]23C[C@H]4C(C)(C)[C@@]5(C[C@@]41CN2CC[C@@]3(C)O)C(=O)Nc1c5ccc2c1OC=CC(C)(C)O2.C[C@](C#N)(COc1cc(C#N)ccc1C(F)(F)F)NC(=O)c1ccc(SC(F)(F)F)cc1. The standard InChI is InChI=1S/C28H35N3O5.C20H13F6N3O2S/c1-23(2)10-12-35-20-17(36-23)8-7-16-19(20)29-21(32)27(16)14-26-15-31-11-9-25(5,34)28(31,22(33)30(26)6)13-18(26)24(27,3)4;1-18(10-28,11-31-16-8-12(9-27)2-7-15(16)19(21,22)23)29-17(30)13-3-5-14(6-4-13)32-20(24,25)26/h7-8,10,12,18,34H,9,11,13-15H2,1-6H3,(H,29,32);2-8H,11H2,1H3,(H,29,30)/t18-,25+,26+,27+,28-;18-/m00/s1. The molecule has 6 aliphatic heterocycles. The van der Waals surface area contributed by atoms with Crippen molar-refractivity contribution in [2.45, 2.75) is 111 Å². The van der Waals surface area contributed by atoms with Gasteiger partial charge < -0.3 is 34.9 Å². The Morgan fingerprint density at radius 1 is 1.03 bits per heavy atom. The van der Waals surface area contributed by atoms with Gasteiger partial charge in [-0.3, -0.25) is 19.3 Å². The third kappa shape index (κ3) is 7.50. The molecule has 13 nitrogen and oxygen atoms in total. The van der Waals surface area contributed by atoms with Crippen LogP contribution < -0.4 is 24.8 Å². The second-order valence-corrected chi connectivity index (χ2v) is 20.9. The monoisotopic (exact) mass is 966 g/mol. The van der Waals surface area contributed by atoms with Crippen LogP contribution in [0.2, 0.25) is 0 Å². The van der Waals surface area contributed by atoms with Crippen LogP contribution in [0.1, 0.15) is 87.9 Å². The Bertz CT molecular complexity index is 2730. The number of thioether (sulfide) groups is 1. The number of piperidine rings is 2. The Balaban J connectivity index is 0.000000186. The molecule has 0 radical (unpaired) electrons. The number of alkyl halides is 6. The number of ether oxygens (including phenoxy) is 3. The van der Waals surface area contributed by atoms with E-state index in [-0.39, 0.29) is 45.5 Å². The molecule has 1 aliphatic carbocycles. The predicted octanol–water partition coefficient (Wildman–Crippen LogP) is 8.08. The molecule has 2 bridgehead atoms. The topological polar surface area (TPSA) is 177 Å². The summed E-state index contributed by atoms with van der Waals surface area (Å²) in [5.74, 6) is -0.437. The number of piperazine rings is 1. The summed E-state index contributed by atoms with van der Waals surface area (Å²) in [4.78, 5) is 44.5. The number of fused-ring (bicyclic) bond motifs is 5. The van der Waals surface area contributed by atoms with E-state index in [9.17, 15) is 51.1 Å². The lowest BCUT2D eigenvalue weighted by Gasteiger charge is -2.65. The molecule has 6 heterocycles. The molecule has 1 saturated carbocycles. The number of likely N-dealkylation sites (N-methyl/N-ethyl adjacent to an activating group) is 1. The molecule has 3 aromatic carbocycles. The van der Waals surface area contributed by atoms with E-state index in [0.717, 1.165) is 42.0 Å². The fourth-order valence-electron chi connectivity index (χ4n) is 11.4. The number of halogens is 6. The second-order valence-electron chi connectivity index (χ2n) is 19.8. The average Bonchev–Trinajstić information content (AvgIpc) is 3.72. The van der Waals surface area contributed by atoms with Crippen molar-refractivity contribution in [1.29, 1.82) is 10.5 Å². The van der Waals surface area contributed by atoms with Crippen LogP contribution in [0.4, 0.5) is 32.0 Å². The number of anilines is 1. The molecule has 3 N–H and O–H groups in total. The van der Waals surface area contributed by atoms with Gasteiger partial charge in [0.2, 0.25) is 11.8 Å². The van der Waals surface area contributed by atoms with E-state index in [1.807, 2.05) is 50.9 Å². The molecule has 6 atom stereocenters. The fraction of sp³-hybridized carbons (Fsp3) is 0.479. The van der Waals surface area contributed by atoms with Crippen molar-refractivity contribution in [3.63, 3.8) is 0 Å². The number of hydrogen-bond donors (Lipinski definition) is 3. The lowest BCUT2D eigenvalue weighted by molar-refractivity contribution is -0.206. The van der Waals surface area contributed by atoms with Gasteiger partial charge in [0.25, 0.3) is 5.91 Å². The van der Waals surface area contributed by atoms with Crippen LogP contribution in [-0.2, 0) is 21.2 Å². The molecule has 68 heavy (non-hydrogen) atoms. The quantitative estimate of drug-likeness (QED) is 0.161. The maximum Gasteiger partial charge on any atom is 0.446 e. The van der Waals surface area contributed by atoms with Crippen LogP contribution in [0, 0.1) is 34.0 Å². The van der Waals surface area contributed by atoms with E-state index in [1.54, 1.807) is 18.4 Å². The summed E-state index contributed by atoms with van der Waals surface area (Å²) in [7, 11) is 1.88. The summed E-state index contributed by atoms with van der Waals surface area (Å²) in [5, 5.41) is 35.3. The van der Waals surface area contributed by atoms with Crippen LogP contribution in [0.3, 0.4) is 0 Å². The first kappa shape index (κ1) is 48.5. The number of nitrogens with one attached hydrogen (secondary N) is 2. The third-order valence-corrected chi connectivity index (χ3v) is 15.7. The highest BCUT2D eigenvalue weighted by atomic mass is 32.2. The average molecular weight is 967 g/mol. The first-order valence-corrected chi connectivity index (χ1v) is 22.4. The van der Waals surface area contributed by atoms with Crippen molar-refractivity contribution in [3.8, 4) is 29.4 Å². The molecule has 20 heteroatoms. The number of amides is 3. The molecule has 3 amide bonds. The van der Waals surface area contributed by atoms with Crippen molar-refractivity contribution in [3.05, 3.63) is 89.2 Å². The van der Waals surface area contributed by atoms with Gasteiger partial charge in [0.1, 0.15) is 23.5 Å². The Morgan fingerprint density at radius 3 is 2.35 bits per heavy atom. The summed E-state index contributed by atoms with van der Waals surface area (Å²) in [5.41, 5.74) is -10.5. The highest BCUT2D eigenvalue weighted by Crippen LogP contribution is 2.73. The van der Waals surface area contributed by atoms with Gasteiger partial charge in [-0.05, 0) is 130 Å². The maximum atomic E-state index is 14.2. The van der Waals surface area contributed by atoms with E-state index in [0.29, 0.717) is 55.6 Å². The van der Waals surface area contributed by atoms with Crippen LogP contribution >= 0.6 is 11.8 Å². The number of benzene rings is 3. The van der Waals surface area contributed by atoms with E-state index >= 15 is 0 Å². The zero-order valence-corrected chi connectivity index (χ0v) is 38.8. The highest BCUT2D eigenvalue weighted by molar-refractivity contribution is 8.00. The minimum absolute atomic E-state index is 0.00925. The van der Waals surface area contributed by atoms with Gasteiger partial charge in [-0.1, -0.05) is 19.9 Å². The smallest absolute Gasteiger partial charge is 0.446 e. The van der Waals surface area contributed by atoms with Gasteiger partial charge >= 0.3 is 11.7 Å². The first-order chi connectivity index (χ1) is 31.5. The van der Waals surface area contributed by atoms with Gasteiger partial charge in [-0.2, -0.15) is 36.9 Å². The second kappa shape index (κ2) is 15.8. The zero-order valence-electron chi connectivity index (χ0n) is 38.0. The van der Waals surface area contributed by atoms with Crippen LogP contribution in [0.25, 0.3) is 0 Å². The summed E-state index contributed by atoms with van der Waals surface area (Å²) >= 11 is -0.368. The lowest BCUT2D eigenvalue weighted by atomic mass is 9.55. The first-order valence-electron chi connectivity index (χ1n) is 21.6. The zero-order chi connectivity index (χ0) is 49.8. The van der Waals surface area contributed by atoms with Crippen molar-refractivity contribution < 1.29 is 60.0 Å². The molecule has 0 aromatic heterocycles. The van der Waals surface area contributed by atoms with Crippen molar-refractivity contribution >= 4 is 35.2 Å². The molecule has 3 spiro atoms. The summed E-state index contributed by atoms with van der Waals surface area (Å²) < 4.78 is 94.1. The molecule has 3 aromatic rings. The van der Waals surface area contributed by atoms with E-state index in [1.165, 1.54) is 6.92 Å². The third-order valence-electron chi connectivity index (χ3n) is 14.9. The van der Waals surface area contributed by atoms with Crippen molar-refractivity contribution in [2.24, 2.45) is 11.3 Å². The van der Waals surface area contributed by atoms with Gasteiger partial charge in [0.05, 0.1) is 51.8 Å². The minimum atomic E-state index is -4.79. The van der Waals surface area contributed by atoms with E-state index in [4.69, 9.17) is 19.5 Å². The van der Waals surface area contributed by atoms with Crippen LogP contribution in [0.15, 0.2) is 71.8 Å². The summed E-state index contributed by atoms with van der Waals surface area (Å²) in [6.07, 6.45) is 0.377. The van der Waals surface area contributed by atoms with Gasteiger partial charge in [0, 0.05) is 30.6 Å². The Hall–Kier alpha value is -5.96. The number of rotatable bonds is 6. The van der Waals surface area contributed by atoms with Gasteiger partial charge in [-0.25, -0.2) is 0 Å². The number of carbonyl (C=O) groups is 3. The molecule has 360 valence electrons. The van der Waals surface area contributed by atoms with Gasteiger partial charge in [0.15, 0.2) is 17.0 Å². The largest absolute Gasteiger partial charge is 0.489 e. The number of nitriles is 2. The predicted molar refractivity (Wildman–Crippen MR) is 234 cm³/mol. The minimum Gasteiger partial charge on any atom is -0.489 e. The Kier molecular flexibility index (Phi) is 11.3. The number of aliphatic hydroxyl groups is 1. The highest BCUT2D eigenvalue weighted by Gasteiger charge is 2.82. The van der Waals surface area contributed by atoms with Crippen LogP contribution in [-0.4, -0.2) is 92.7 Å². The molecule has 10 rings (SSSR count). The van der Waals surface area contributed by atoms with Crippen molar-refractivity contribution in [2.75, 3.05) is 32.1 Å². The Labute approximate surface area is 392 Å². The van der Waals surface area contributed by atoms with E-state index in [2.05, 4.69) is 29.4 Å². The normalized spacial score (nSPS) is 29.0. The molecule has 0 unspecified atom stereocenters. The van der Waals surface area contributed by atoms with Crippen LogP contribution in [0.5, 0.6) is 17.2 Å². The molecule has 5 fully saturated rings. The number of nitrogens with zero attached hydrogens (tertiary/aromatic N) is 4. The number of carbonyl (C=O) groups excluding carboxylic acids is 3. The van der Waals surface area contributed by atoms with Gasteiger partial charge in [-0.15, -0.1) is 0 Å². The molecular weight excluding hydrogens is 919 g/mol. The lowest BCUT2D eigenvalue weighted by Crippen LogP contribution is -2.82. The van der Waals surface area contributed by atoms with E-state index < -0.39 is 74.2 Å². The molecule has 4 saturated heterocycles. The Morgan fingerprint density at radius 2 is 1.72 bits per heavy atom. The summed E-state index contributed by atoms with van der Waals surface area (Å²) in [6, 6.07) is 14.2. The number of hydrogen-bond acceptors (Lipinski definition) is 11. The molecule has 7 aliphatic rings. The van der Waals surface area contributed by atoms with Crippen molar-refractivity contribution in [1.82, 2.24) is 15.1 Å². The molecular formula is C48H48F6N6O7S. The summed E-state index contributed by atoms with van der Waals surface area (Å²) in [6.45, 7) is 12.0. The fourth-order valence-corrected chi connectivity index (χ4v) is 12.0.